The monoisotopic (exact) mass is 442 g/mol. The van der Waals surface area contributed by atoms with Crippen LogP contribution in [0.1, 0.15) is 64.1 Å². The Morgan fingerprint density at radius 3 is 1.21 bits per heavy atom. The molecule has 0 radical (unpaired) electrons. The Balaban J connectivity index is 1.68. The van der Waals surface area contributed by atoms with Crippen LogP contribution >= 0.6 is 0 Å². The van der Waals surface area contributed by atoms with Crippen molar-refractivity contribution in [2.45, 2.75) is 66.2 Å². The lowest BCUT2D eigenvalue weighted by atomic mass is 9.87. The summed E-state index contributed by atoms with van der Waals surface area (Å²) in [5.74, 6) is 1.31. The summed E-state index contributed by atoms with van der Waals surface area (Å²) in [6, 6.07) is 20.9. The van der Waals surface area contributed by atoms with Crippen molar-refractivity contribution >= 4 is 0 Å². The first-order valence-corrected chi connectivity index (χ1v) is 11.4. The Labute approximate surface area is 197 Å². The molecule has 0 atom stereocenters. The fraction of sp³-hybridized carbons (Fsp3) is 0.357. The van der Waals surface area contributed by atoms with Crippen LogP contribution in [0.15, 0.2) is 60.7 Å². The van der Waals surface area contributed by atoms with Crippen LogP contribution in [0.4, 0.5) is 0 Å². The van der Waals surface area contributed by atoms with E-state index in [0.29, 0.717) is 11.8 Å². The van der Waals surface area contributed by atoms with Gasteiger partial charge in [0, 0.05) is 12.1 Å². The Kier molecular flexibility index (Phi) is 5.69. The topological polar surface area (TPSA) is 44.9 Å². The van der Waals surface area contributed by atoms with Gasteiger partial charge < -0.3 is 4.74 Å². The maximum atomic E-state index is 6.39. The Bertz CT molecular complexity index is 1150. The lowest BCUT2D eigenvalue weighted by Gasteiger charge is -2.19. The molecule has 0 N–H and O–H groups in total. The number of rotatable bonds is 4. The van der Waals surface area contributed by atoms with Crippen LogP contribution in [-0.2, 0) is 10.8 Å². The van der Waals surface area contributed by atoms with Gasteiger partial charge in [0.05, 0.1) is 22.8 Å². The molecule has 4 aromatic rings. The van der Waals surface area contributed by atoms with Gasteiger partial charge in [0.1, 0.15) is 0 Å². The van der Waals surface area contributed by atoms with Crippen LogP contribution in [0.3, 0.4) is 0 Å². The van der Waals surface area contributed by atoms with Crippen LogP contribution in [0.5, 0.6) is 11.8 Å². The van der Waals surface area contributed by atoms with E-state index in [-0.39, 0.29) is 10.8 Å². The van der Waals surface area contributed by atoms with Crippen molar-refractivity contribution in [3.8, 4) is 23.1 Å². The molecule has 5 nitrogen and oxygen atoms in total. The predicted octanol–water partition coefficient (Wildman–Crippen LogP) is 7.06. The van der Waals surface area contributed by atoms with Gasteiger partial charge in [0.2, 0.25) is 11.8 Å². The lowest BCUT2D eigenvalue weighted by molar-refractivity contribution is 0.413. The van der Waals surface area contributed by atoms with E-state index in [1.54, 1.807) is 0 Å². The van der Waals surface area contributed by atoms with E-state index in [0.717, 1.165) is 22.8 Å². The SMILES string of the molecule is Cc1cc(Oc2cc(C)nn2-c2ccc(C(C)(C)C)cc2)n(-c2ccc(C(C)(C)C)cc2)n1. The summed E-state index contributed by atoms with van der Waals surface area (Å²) < 4.78 is 10.1. The summed E-state index contributed by atoms with van der Waals surface area (Å²) in [7, 11) is 0. The van der Waals surface area contributed by atoms with E-state index in [2.05, 4.69) is 100 Å². The molecule has 5 heteroatoms. The number of hydrogen-bond donors (Lipinski definition) is 0. The fourth-order valence-corrected chi connectivity index (χ4v) is 3.78. The van der Waals surface area contributed by atoms with E-state index in [1.807, 2.05) is 35.3 Å². The molecule has 2 aromatic carbocycles. The van der Waals surface area contributed by atoms with Crippen molar-refractivity contribution in [2.24, 2.45) is 0 Å². The first kappa shape index (κ1) is 22.8. The molecule has 0 unspecified atom stereocenters. The summed E-state index contributed by atoms with van der Waals surface area (Å²) >= 11 is 0. The minimum atomic E-state index is 0.102. The Morgan fingerprint density at radius 2 is 0.909 bits per heavy atom. The molecule has 0 amide bonds. The molecule has 33 heavy (non-hydrogen) atoms. The number of nitrogens with zero attached hydrogens (tertiary/aromatic N) is 4. The molecule has 0 aliphatic carbocycles. The zero-order valence-corrected chi connectivity index (χ0v) is 21.0. The molecule has 0 saturated heterocycles. The first-order chi connectivity index (χ1) is 15.4. The molecular formula is C28H34N4O. The third-order valence-electron chi connectivity index (χ3n) is 5.76. The third kappa shape index (κ3) is 4.87. The standard InChI is InChI=1S/C28H34N4O/c1-19-17-25(31(29-19)23-13-9-21(10-14-23)27(3,4)5)33-26-18-20(2)30-32(26)24-15-11-22(12-16-24)28(6,7)8/h9-18H,1-8H3. The van der Waals surface area contributed by atoms with Crippen molar-refractivity contribution in [3.05, 3.63) is 83.2 Å². The van der Waals surface area contributed by atoms with Gasteiger partial charge in [0.15, 0.2) is 0 Å². The summed E-state index contributed by atoms with van der Waals surface area (Å²) in [6.07, 6.45) is 0. The van der Waals surface area contributed by atoms with Gasteiger partial charge >= 0.3 is 0 Å². The quantitative estimate of drug-likeness (QED) is 0.340. The average Bonchev–Trinajstić information content (AvgIpc) is 3.29. The molecule has 2 heterocycles. The van der Waals surface area contributed by atoms with Crippen molar-refractivity contribution in [1.29, 1.82) is 0 Å². The van der Waals surface area contributed by atoms with Gasteiger partial charge in [-0.25, -0.2) is 9.36 Å². The van der Waals surface area contributed by atoms with E-state index >= 15 is 0 Å². The molecular weight excluding hydrogens is 408 g/mol. The highest BCUT2D eigenvalue weighted by molar-refractivity contribution is 5.43. The largest absolute Gasteiger partial charge is 0.420 e. The van der Waals surface area contributed by atoms with Crippen LogP contribution in [0, 0.1) is 13.8 Å². The zero-order valence-electron chi connectivity index (χ0n) is 21.0. The zero-order chi connectivity index (χ0) is 24.0. The van der Waals surface area contributed by atoms with E-state index in [9.17, 15) is 0 Å². The molecule has 2 aromatic heterocycles. The Hall–Kier alpha value is -3.34. The molecule has 0 fully saturated rings. The predicted molar refractivity (Wildman–Crippen MR) is 134 cm³/mol. The highest BCUT2D eigenvalue weighted by Crippen LogP contribution is 2.30. The smallest absolute Gasteiger partial charge is 0.224 e. The highest BCUT2D eigenvalue weighted by atomic mass is 16.5. The second kappa shape index (κ2) is 8.22. The van der Waals surface area contributed by atoms with E-state index in [1.165, 1.54) is 11.1 Å². The average molecular weight is 443 g/mol. The van der Waals surface area contributed by atoms with Gasteiger partial charge in [-0.3, -0.25) is 0 Å². The number of ether oxygens (including phenoxy) is 1. The van der Waals surface area contributed by atoms with Crippen LogP contribution < -0.4 is 4.74 Å². The van der Waals surface area contributed by atoms with Crippen LogP contribution in [0.25, 0.3) is 11.4 Å². The maximum Gasteiger partial charge on any atom is 0.224 e. The van der Waals surface area contributed by atoms with E-state index in [4.69, 9.17) is 4.74 Å². The second-order valence-electron chi connectivity index (χ2n) is 10.8. The highest BCUT2D eigenvalue weighted by Gasteiger charge is 2.18. The van der Waals surface area contributed by atoms with Crippen LogP contribution in [-0.4, -0.2) is 19.6 Å². The van der Waals surface area contributed by atoms with Gasteiger partial charge in [-0.1, -0.05) is 65.8 Å². The van der Waals surface area contributed by atoms with Crippen LogP contribution in [0.2, 0.25) is 0 Å². The minimum Gasteiger partial charge on any atom is -0.420 e. The molecule has 4 rings (SSSR count). The summed E-state index contributed by atoms with van der Waals surface area (Å²) in [6.45, 7) is 17.2. The minimum absolute atomic E-state index is 0.102. The second-order valence-corrected chi connectivity index (χ2v) is 10.8. The third-order valence-corrected chi connectivity index (χ3v) is 5.76. The number of benzene rings is 2. The number of aromatic nitrogens is 4. The van der Waals surface area contributed by atoms with Gasteiger partial charge in [-0.05, 0) is 60.1 Å². The molecule has 0 saturated carbocycles. The van der Waals surface area contributed by atoms with E-state index < -0.39 is 0 Å². The lowest BCUT2D eigenvalue weighted by Crippen LogP contribution is -2.11. The van der Waals surface area contributed by atoms with Gasteiger partial charge in [-0.15, -0.1) is 0 Å². The van der Waals surface area contributed by atoms with Crippen molar-refractivity contribution < 1.29 is 4.74 Å². The molecule has 0 bridgehead atoms. The van der Waals surface area contributed by atoms with Crippen molar-refractivity contribution in [1.82, 2.24) is 19.6 Å². The van der Waals surface area contributed by atoms with Gasteiger partial charge in [0.25, 0.3) is 0 Å². The van der Waals surface area contributed by atoms with Crippen molar-refractivity contribution in [3.63, 3.8) is 0 Å². The molecule has 0 spiro atoms. The Morgan fingerprint density at radius 1 is 0.576 bits per heavy atom. The summed E-state index contributed by atoms with van der Waals surface area (Å²) in [5, 5.41) is 9.36. The molecule has 0 aliphatic rings. The fourth-order valence-electron chi connectivity index (χ4n) is 3.78. The van der Waals surface area contributed by atoms with Gasteiger partial charge in [-0.2, -0.15) is 10.2 Å². The molecule has 0 aliphatic heterocycles. The number of hydrogen-bond acceptors (Lipinski definition) is 3. The number of aryl methyl sites for hydroxylation is 2. The van der Waals surface area contributed by atoms with Crippen molar-refractivity contribution in [2.75, 3.05) is 0 Å². The normalized spacial score (nSPS) is 12.2. The summed E-state index contributed by atoms with van der Waals surface area (Å²) in [4.78, 5) is 0. The molecule has 172 valence electrons. The first-order valence-electron chi connectivity index (χ1n) is 11.4. The summed E-state index contributed by atoms with van der Waals surface area (Å²) in [5.41, 5.74) is 6.47. The maximum absolute atomic E-state index is 6.39.